The Morgan fingerprint density at radius 3 is 2.66 bits per heavy atom. The minimum Gasteiger partial charge on any atom is -0.386 e. The van der Waals surface area contributed by atoms with Crippen molar-refractivity contribution in [3.05, 3.63) is 58.9 Å². The highest BCUT2D eigenvalue weighted by Gasteiger charge is 2.39. The number of amides is 3. The normalized spacial score (nSPS) is 18.5. The van der Waals surface area contributed by atoms with Gasteiger partial charge < -0.3 is 15.5 Å². The van der Waals surface area contributed by atoms with Crippen LogP contribution in [0.4, 0.5) is 15.8 Å². The van der Waals surface area contributed by atoms with Crippen molar-refractivity contribution in [2.75, 3.05) is 17.7 Å². The van der Waals surface area contributed by atoms with Crippen LogP contribution >= 0.6 is 0 Å². The van der Waals surface area contributed by atoms with Crippen molar-refractivity contribution < 1.29 is 18.8 Å². The Kier molecular flexibility index (Phi) is 4.92. The molecule has 2 aromatic carbocycles. The Bertz CT molecular complexity index is 1010. The SMILES string of the molecule is CNc1cccc(CNc2cccc3c2CN(C2CCC(=O)NC2=O)C3=O)c1F. The number of piperidine rings is 1. The molecular weight excluding hydrogens is 375 g/mol. The van der Waals surface area contributed by atoms with Crippen molar-refractivity contribution in [3.63, 3.8) is 0 Å². The van der Waals surface area contributed by atoms with Gasteiger partial charge >= 0.3 is 0 Å². The lowest BCUT2D eigenvalue weighted by atomic mass is 10.0. The molecule has 2 aliphatic rings. The maximum absolute atomic E-state index is 14.5. The summed E-state index contributed by atoms with van der Waals surface area (Å²) in [7, 11) is 1.66. The van der Waals surface area contributed by atoms with E-state index in [2.05, 4.69) is 16.0 Å². The molecule has 0 aromatic heterocycles. The Morgan fingerprint density at radius 2 is 1.90 bits per heavy atom. The number of carbonyl (C=O) groups excluding carboxylic acids is 3. The number of anilines is 2. The number of benzene rings is 2. The smallest absolute Gasteiger partial charge is 0.255 e. The van der Waals surface area contributed by atoms with Crippen molar-refractivity contribution >= 4 is 29.1 Å². The van der Waals surface area contributed by atoms with Crippen LogP contribution in [0, 0.1) is 5.82 Å². The monoisotopic (exact) mass is 396 g/mol. The average Bonchev–Trinajstić information content (AvgIpc) is 3.04. The number of fused-ring (bicyclic) bond motifs is 1. The predicted octanol–water partition coefficient (Wildman–Crippen LogP) is 2.24. The highest BCUT2D eigenvalue weighted by molar-refractivity contribution is 6.06. The van der Waals surface area contributed by atoms with Gasteiger partial charge in [0, 0.05) is 48.9 Å². The van der Waals surface area contributed by atoms with Gasteiger partial charge in [0.25, 0.3) is 5.91 Å². The summed E-state index contributed by atoms with van der Waals surface area (Å²) in [5.74, 6) is -1.32. The fourth-order valence-corrected chi connectivity index (χ4v) is 3.85. The molecule has 0 radical (unpaired) electrons. The molecule has 4 rings (SSSR count). The summed E-state index contributed by atoms with van der Waals surface area (Å²) in [5, 5.41) is 8.33. The molecule has 3 N–H and O–H groups in total. The molecule has 150 valence electrons. The third-order valence-electron chi connectivity index (χ3n) is 5.40. The van der Waals surface area contributed by atoms with Crippen LogP contribution in [0.5, 0.6) is 0 Å². The second kappa shape index (κ2) is 7.54. The number of halogens is 1. The zero-order valence-corrected chi connectivity index (χ0v) is 15.9. The van der Waals surface area contributed by atoms with Crippen molar-refractivity contribution in [1.82, 2.24) is 10.2 Å². The molecule has 7 nitrogen and oxygen atoms in total. The molecule has 1 fully saturated rings. The molecule has 0 spiro atoms. The Hall–Kier alpha value is -3.42. The van der Waals surface area contributed by atoms with Crippen LogP contribution in [0.3, 0.4) is 0 Å². The number of nitrogens with zero attached hydrogens (tertiary/aromatic N) is 1. The summed E-state index contributed by atoms with van der Waals surface area (Å²) in [6, 6.07) is 9.79. The summed E-state index contributed by atoms with van der Waals surface area (Å²) in [6.45, 7) is 0.521. The minimum absolute atomic E-state index is 0.211. The zero-order valence-electron chi connectivity index (χ0n) is 15.9. The predicted molar refractivity (Wildman–Crippen MR) is 106 cm³/mol. The van der Waals surface area contributed by atoms with Crippen molar-refractivity contribution in [2.24, 2.45) is 0 Å². The highest BCUT2D eigenvalue weighted by atomic mass is 19.1. The van der Waals surface area contributed by atoms with E-state index in [0.29, 0.717) is 23.2 Å². The molecule has 8 heteroatoms. The van der Waals surface area contributed by atoms with Gasteiger partial charge in [0.2, 0.25) is 11.8 Å². The maximum Gasteiger partial charge on any atom is 0.255 e. The quantitative estimate of drug-likeness (QED) is 0.675. The van der Waals surface area contributed by atoms with E-state index in [1.807, 2.05) is 6.07 Å². The molecule has 0 saturated carbocycles. The molecule has 0 bridgehead atoms. The average molecular weight is 396 g/mol. The molecule has 29 heavy (non-hydrogen) atoms. The summed E-state index contributed by atoms with van der Waals surface area (Å²) in [5.41, 5.74) is 2.93. The van der Waals surface area contributed by atoms with Crippen LogP contribution in [0.15, 0.2) is 36.4 Å². The number of rotatable bonds is 5. The fourth-order valence-electron chi connectivity index (χ4n) is 3.85. The van der Waals surface area contributed by atoms with E-state index in [4.69, 9.17) is 0 Å². The summed E-state index contributed by atoms with van der Waals surface area (Å²) in [6.07, 6.45) is 0.526. The van der Waals surface area contributed by atoms with Crippen molar-refractivity contribution in [3.8, 4) is 0 Å². The van der Waals surface area contributed by atoms with Gasteiger partial charge in [-0.15, -0.1) is 0 Å². The number of hydrogen-bond donors (Lipinski definition) is 3. The van der Waals surface area contributed by atoms with E-state index in [-0.39, 0.29) is 37.1 Å². The van der Waals surface area contributed by atoms with Gasteiger partial charge in [-0.1, -0.05) is 18.2 Å². The van der Waals surface area contributed by atoms with Gasteiger partial charge in [0.15, 0.2) is 5.82 Å². The Balaban J connectivity index is 1.54. The summed E-state index contributed by atoms with van der Waals surface area (Å²) < 4.78 is 14.5. The van der Waals surface area contributed by atoms with Gasteiger partial charge in [0.05, 0.1) is 5.69 Å². The molecule has 0 aliphatic carbocycles. The topological polar surface area (TPSA) is 90.5 Å². The molecule has 2 heterocycles. The van der Waals surface area contributed by atoms with Crippen molar-refractivity contribution in [2.45, 2.75) is 32.0 Å². The summed E-state index contributed by atoms with van der Waals surface area (Å²) in [4.78, 5) is 37.9. The van der Waals surface area contributed by atoms with E-state index in [1.54, 1.807) is 37.4 Å². The first kappa shape index (κ1) is 18.9. The second-order valence-corrected chi connectivity index (χ2v) is 7.11. The van der Waals surface area contributed by atoms with Crippen LogP contribution in [-0.2, 0) is 22.7 Å². The van der Waals surface area contributed by atoms with Crippen LogP contribution < -0.4 is 16.0 Å². The molecular formula is C21H21FN4O3. The van der Waals surface area contributed by atoms with Gasteiger partial charge in [-0.3, -0.25) is 19.7 Å². The largest absolute Gasteiger partial charge is 0.386 e. The molecule has 1 atom stereocenters. The molecule has 1 saturated heterocycles. The number of hydrogen-bond acceptors (Lipinski definition) is 5. The van der Waals surface area contributed by atoms with E-state index in [1.165, 1.54) is 4.90 Å². The van der Waals surface area contributed by atoms with Gasteiger partial charge in [-0.05, 0) is 24.6 Å². The van der Waals surface area contributed by atoms with Crippen molar-refractivity contribution in [1.29, 1.82) is 0 Å². The van der Waals surface area contributed by atoms with E-state index in [9.17, 15) is 18.8 Å². The van der Waals surface area contributed by atoms with Gasteiger partial charge in [-0.2, -0.15) is 0 Å². The third kappa shape index (κ3) is 3.41. The lowest BCUT2D eigenvalue weighted by Gasteiger charge is -2.29. The summed E-state index contributed by atoms with van der Waals surface area (Å²) >= 11 is 0. The van der Waals surface area contributed by atoms with E-state index in [0.717, 1.165) is 11.3 Å². The first-order chi connectivity index (χ1) is 14.0. The van der Waals surface area contributed by atoms with E-state index < -0.39 is 11.9 Å². The molecule has 1 unspecified atom stereocenters. The molecule has 2 aliphatic heterocycles. The molecule has 3 amide bonds. The van der Waals surface area contributed by atoms with Crippen LogP contribution in [0.25, 0.3) is 0 Å². The number of nitrogens with one attached hydrogen (secondary N) is 3. The lowest BCUT2D eigenvalue weighted by Crippen LogP contribution is -2.52. The minimum atomic E-state index is -0.662. The third-order valence-corrected chi connectivity index (χ3v) is 5.40. The molecule has 2 aromatic rings. The Labute approximate surface area is 167 Å². The first-order valence-corrected chi connectivity index (χ1v) is 9.45. The zero-order chi connectivity index (χ0) is 20.5. The highest BCUT2D eigenvalue weighted by Crippen LogP contribution is 2.32. The van der Waals surface area contributed by atoms with Gasteiger partial charge in [0.1, 0.15) is 6.04 Å². The van der Waals surface area contributed by atoms with Gasteiger partial charge in [-0.25, -0.2) is 4.39 Å². The van der Waals surface area contributed by atoms with E-state index >= 15 is 0 Å². The Morgan fingerprint density at radius 1 is 1.14 bits per heavy atom. The second-order valence-electron chi connectivity index (χ2n) is 7.11. The van der Waals surface area contributed by atoms with Crippen LogP contribution in [0.2, 0.25) is 0 Å². The van der Waals surface area contributed by atoms with Crippen LogP contribution in [0.1, 0.15) is 34.3 Å². The first-order valence-electron chi connectivity index (χ1n) is 9.45. The van der Waals surface area contributed by atoms with Crippen LogP contribution in [-0.4, -0.2) is 35.7 Å². The lowest BCUT2D eigenvalue weighted by molar-refractivity contribution is -0.136. The number of imide groups is 1. The standard InChI is InChI=1S/C21H21FN4O3/c1-23-16-7-2-4-12(19(16)22)10-24-15-6-3-5-13-14(15)11-26(21(13)29)17-8-9-18(27)25-20(17)28/h2-7,17,23-24H,8-11H2,1H3,(H,25,27,28). The number of carbonyl (C=O) groups is 3. The maximum atomic E-state index is 14.5. The fraction of sp³-hybridized carbons (Fsp3) is 0.286.